The fourth-order valence-electron chi connectivity index (χ4n) is 5.14. The molecule has 1 amide bonds. The summed E-state index contributed by atoms with van der Waals surface area (Å²) in [5, 5.41) is 3.24. The predicted octanol–water partition coefficient (Wildman–Crippen LogP) is 5.22. The Morgan fingerprint density at radius 2 is 1.87 bits per heavy atom. The number of carbonyl (C=O) groups excluding carboxylic acids is 2. The van der Waals surface area contributed by atoms with Crippen molar-refractivity contribution < 1.29 is 19.1 Å². The number of benzene rings is 1. The fraction of sp³-hybridized carbons (Fsp3) is 0.636. The van der Waals surface area contributed by atoms with Crippen molar-refractivity contribution in [1.29, 1.82) is 0 Å². The molecule has 4 atom stereocenters. The number of ether oxygens (including phenoxy) is 2. The topological polar surface area (TPSA) is 64.6 Å². The number of esters is 1. The molecule has 1 unspecified atom stereocenters. The monoisotopic (exact) mass is 469 g/mol. The summed E-state index contributed by atoms with van der Waals surface area (Å²) in [5.41, 5.74) is 0.460. The molecule has 1 N–H and O–H groups in total. The Kier molecular flexibility index (Phi) is 6.80. The summed E-state index contributed by atoms with van der Waals surface area (Å²) in [4.78, 5) is 25.5. The first-order valence-electron chi connectivity index (χ1n) is 10.6. The van der Waals surface area contributed by atoms with Gasteiger partial charge in [0, 0.05) is 16.5 Å². The maximum Gasteiger partial charge on any atom is 0.309 e. The van der Waals surface area contributed by atoms with Gasteiger partial charge in [0.1, 0.15) is 5.75 Å². The Bertz CT molecular complexity index is 798. The van der Waals surface area contributed by atoms with Crippen molar-refractivity contribution in [2.75, 3.05) is 23.9 Å². The molecule has 2 aliphatic carbocycles. The van der Waals surface area contributed by atoms with Crippen molar-refractivity contribution in [3.05, 3.63) is 23.2 Å². The molecule has 164 valence electrons. The second kappa shape index (κ2) is 9.21. The third-order valence-corrected chi connectivity index (χ3v) is 10.8. The molecular formula is C22H28ClNO4S2. The highest BCUT2D eigenvalue weighted by molar-refractivity contribution is 8.21. The molecule has 2 bridgehead atoms. The van der Waals surface area contributed by atoms with Crippen molar-refractivity contribution >= 4 is 52.7 Å². The molecule has 4 rings (SSSR count). The first-order valence-corrected chi connectivity index (χ1v) is 12.9. The van der Waals surface area contributed by atoms with Crippen molar-refractivity contribution in [1.82, 2.24) is 0 Å². The summed E-state index contributed by atoms with van der Waals surface area (Å²) in [5.74, 6) is 3.34. The number of hydrogen-bond donors (Lipinski definition) is 1. The highest BCUT2D eigenvalue weighted by atomic mass is 35.5. The van der Waals surface area contributed by atoms with E-state index in [-0.39, 0.29) is 11.9 Å². The summed E-state index contributed by atoms with van der Waals surface area (Å²) in [6, 6.07) is 4.99. The molecule has 1 saturated heterocycles. The van der Waals surface area contributed by atoms with Gasteiger partial charge in [0.2, 0.25) is 0 Å². The molecular weight excluding hydrogens is 442 g/mol. The van der Waals surface area contributed by atoms with Crippen LogP contribution < -0.4 is 10.1 Å². The molecule has 1 aromatic rings. The number of hydrogen-bond acceptors (Lipinski definition) is 6. The van der Waals surface area contributed by atoms with Crippen LogP contribution in [0, 0.1) is 17.8 Å². The SMILES string of the molecule is COc1ccc(Cl)cc1NC(=O)[C@H](C)OC(=O)C1C[C@H]2CCC[C@@H](C1)C21SCCS1. The van der Waals surface area contributed by atoms with Crippen LogP contribution in [0.25, 0.3) is 0 Å². The van der Waals surface area contributed by atoms with E-state index in [1.165, 1.54) is 37.9 Å². The Morgan fingerprint density at radius 3 is 2.50 bits per heavy atom. The molecule has 1 spiro atoms. The van der Waals surface area contributed by atoms with E-state index in [2.05, 4.69) is 28.8 Å². The van der Waals surface area contributed by atoms with E-state index in [9.17, 15) is 9.59 Å². The molecule has 0 aromatic heterocycles. The second-order valence-corrected chi connectivity index (χ2v) is 11.8. The van der Waals surface area contributed by atoms with E-state index in [0.717, 1.165) is 12.8 Å². The van der Waals surface area contributed by atoms with E-state index in [0.29, 0.717) is 32.4 Å². The molecule has 1 aromatic carbocycles. The fourth-order valence-corrected chi connectivity index (χ4v) is 9.25. The van der Waals surface area contributed by atoms with Gasteiger partial charge in [-0.2, -0.15) is 0 Å². The van der Waals surface area contributed by atoms with Gasteiger partial charge in [-0.15, -0.1) is 23.5 Å². The van der Waals surface area contributed by atoms with Gasteiger partial charge in [-0.05, 0) is 62.6 Å². The normalized spacial score (nSPS) is 28.0. The van der Waals surface area contributed by atoms with Crippen LogP contribution in [0.3, 0.4) is 0 Å². The van der Waals surface area contributed by atoms with Crippen molar-refractivity contribution in [3.8, 4) is 5.75 Å². The Balaban J connectivity index is 1.37. The predicted molar refractivity (Wildman–Crippen MR) is 123 cm³/mol. The zero-order valence-corrected chi connectivity index (χ0v) is 19.7. The first-order chi connectivity index (χ1) is 14.4. The maximum absolute atomic E-state index is 12.9. The average molecular weight is 470 g/mol. The number of methoxy groups -OCH3 is 1. The van der Waals surface area contributed by atoms with E-state index in [1.54, 1.807) is 25.1 Å². The summed E-state index contributed by atoms with van der Waals surface area (Å²) in [6.07, 6.45) is 4.54. The number of halogens is 1. The van der Waals surface area contributed by atoms with Gasteiger partial charge in [-0.1, -0.05) is 18.0 Å². The number of anilines is 1. The molecule has 3 aliphatic rings. The maximum atomic E-state index is 12.9. The number of carbonyl (C=O) groups is 2. The molecule has 0 radical (unpaired) electrons. The van der Waals surface area contributed by atoms with Crippen LogP contribution in [0.4, 0.5) is 5.69 Å². The van der Waals surface area contributed by atoms with Crippen molar-refractivity contribution in [3.63, 3.8) is 0 Å². The van der Waals surface area contributed by atoms with Crippen LogP contribution in [-0.4, -0.2) is 40.7 Å². The van der Waals surface area contributed by atoms with E-state index in [1.807, 2.05) is 0 Å². The van der Waals surface area contributed by atoms with Gasteiger partial charge in [0.25, 0.3) is 5.91 Å². The van der Waals surface area contributed by atoms with E-state index < -0.39 is 12.0 Å². The van der Waals surface area contributed by atoms with Crippen LogP contribution in [0.5, 0.6) is 5.75 Å². The molecule has 1 heterocycles. The smallest absolute Gasteiger partial charge is 0.309 e. The summed E-state index contributed by atoms with van der Waals surface area (Å²) < 4.78 is 11.2. The lowest BCUT2D eigenvalue weighted by Crippen LogP contribution is -2.48. The minimum absolute atomic E-state index is 0.108. The summed E-state index contributed by atoms with van der Waals surface area (Å²) >= 11 is 10.3. The minimum Gasteiger partial charge on any atom is -0.495 e. The highest BCUT2D eigenvalue weighted by Crippen LogP contribution is 2.64. The molecule has 3 fully saturated rings. The molecule has 30 heavy (non-hydrogen) atoms. The van der Waals surface area contributed by atoms with Crippen LogP contribution >= 0.6 is 35.1 Å². The zero-order chi connectivity index (χ0) is 21.3. The van der Waals surface area contributed by atoms with Crippen LogP contribution in [0.1, 0.15) is 39.0 Å². The Labute approximate surface area is 191 Å². The molecule has 2 saturated carbocycles. The van der Waals surface area contributed by atoms with Crippen molar-refractivity contribution in [2.24, 2.45) is 17.8 Å². The highest BCUT2D eigenvalue weighted by Gasteiger charge is 2.55. The first kappa shape index (κ1) is 22.2. The van der Waals surface area contributed by atoms with Crippen molar-refractivity contribution in [2.45, 2.75) is 49.2 Å². The second-order valence-electron chi connectivity index (χ2n) is 8.32. The number of rotatable bonds is 5. The van der Waals surface area contributed by atoms with E-state index in [4.69, 9.17) is 21.1 Å². The quantitative estimate of drug-likeness (QED) is 0.596. The van der Waals surface area contributed by atoms with Crippen LogP contribution in [-0.2, 0) is 14.3 Å². The van der Waals surface area contributed by atoms with Gasteiger partial charge in [0.15, 0.2) is 6.10 Å². The number of thioether (sulfide) groups is 2. The van der Waals surface area contributed by atoms with Crippen LogP contribution in [0.15, 0.2) is 18.2 Å². The lowest BCUT2D eigenvalue weighted by atomic mass is 9.67. The van der Waals surface area contributed by atoms with Gasteiger partial charge >= 0.3 is 5.97 Å². The van der Waals surface area contributed by atoms with Gasteiger partial charge < -0.3 is 14.8 Å². The lowest BCUT2D eigenvalue weighted by Gasteiger charge is -2.51. The Hall–Kier alpha value is -1.05. The third kappa shape index (κ3) is 4.30. The van der Waals surface area contributed by atoms with Gasteiger partial charge in [-0.25, -0.2) is 0 Å². The summed E-state index contributed by atoms with van der Waals surface area (Å²) in [7, 11) is 1.52. The Morgan fingerprint density at radius 1 is 1.20 bits per heavy atom. The van der Waals surface area contributed by atoms with Gasteiger partial charge in [-0.3, -0.25) is 9.59 Å². The lowest BCUT2D eigenvalue weighted by molar-refractivity contribution is -0.159. The summed E-state index contributed by atoms with van der Waals surface area (Å²) in [6.45, 7) is 1.61. The average Bonchev–Trinajstić information content (AvgIpc) is 3.17. The number of amides is 1. The van der Waals surface area contributed by atoms with Crippen LogP contribution in [0.2, 0.25) is 5.02 Å². The molecule has 5 nitrogen and oxygen atoms in total. The number of nitrogens with one attached hydrogen (secondary N) is 1. The zero-order valence-electron chi connectivity index (χ0n) is 17.3. The van der Waals surface area contributed by atoms with E-state index >= 15 is 0 Å². The standard InChI is InChI=1S/C22H28ClNO4S2/c1-13(20(25)24-18-12-17(23)6-7-19(18)27-2)28-21(26)14-10-15-4-3-5-16(11-14)22(15)29-8-9-30-22/h6-7,12-16H,3-5,8-11H2,1-2H3,(H,24,25)/t13-,14?,15-,16+/m0/s1. The largest absolute Gasteiger partial charge is 0.495 e. The third-order valence-electron chi connectivity index (χ3n) is 6.53. The molecule has 1 aliphatic heterocycles. The van der Waals surface area contributed by atoms with Gasteiger partial charge in [0.05, 0.1) is 22.8 Å². The molecule has 8 heteroatoms. The minimum atomic E-state index is -0.882.